The van der Waals surface area contributed by atoms with Crippen molar-refractivity contribution in [2.75, 3.05) is 0 Å². The van der Waals surface area contributed by atoms with Crippen LogP contribution in [0.2, 0.25) is 0 Å². The minimum atomic E-state index is -0.175. The Hall–Kier alpha value is -2.70. The topological polar surface area (TPSA) is 77.1 Å². The molecule has 0 saturated carbocycles. The van der Waals surface area contributed by atoms with Crippen LogP contribution in [0.3, 0.4) is 0 Å². The van der Waals surface area contributed by atoms with E-state index in [2.05, 4.69) is 20.5 Å². The first-order valence-corrected chi connectivity index (χ1v) is 7.50. The van der Waals surface area contributed by atoms with Gasteiger partial charge < -0.3 is 5.32 Å². The van der Waals surface area contributed by atoms with Crippen LogP contribution in [0.15, 0.2) is 18.5 Å². The van der Waals surface area contributed by atoms with E-state index in [1.54, 1.807) is 15.4 Å². The molecule has 0 fully saturated rings. The normalized spacial score (nSPS) is 12.6. The monoisotopic (exact) mass is 312 g/mol. The first-order valence-electron chi connectivity index (χ1n) is 7.50. The van der Waals surface area contributed by atoms with Crippen molar-refractivity contribution in [1.29, 1.82) is 0 Å². The molecule has 23 heavy (non-hydrogen) atoms. The van der Waals surface area contributed by atoms with Crippen molar-refractivity contribution in [2.24, 2.45) is 7.05 Å². The molecule has 3 rings (SSSR count). The summed E-state index contributed by atoms with van der Waals surface area (Å²) in [6.07, 6.45) is 3.64. The number of hydrogen-bond acceptors (Lipinski definition) is 4. The van der Waals surface area contributed by atoms with Crippen LogP contribution in [-0.2, 0) is 7.05 Å². The molecule has 1 unspecified atom stereocenters. The van der Waals surface area contributed by atoms with Crippen LogP contribution in [0.25, 0.3) is 5.65 Å². The van der Waals surface area contributed by atoms with E-state index in [0.717, 1.165) is 17.0 Å². The number of aromatic nitrogens is 5. The van der Waals surface area contributed by atoms with E-state index >= 15 is 0 Å². The van der Waals surface area contributed by atoms with Crippen LogP contribution in [-0.4, -0.2) is 30.3 Å². The predicted molar refractivity (Wildman–Crippen MR) is 86.3 cm³/mol. The van der Waals surface area contributed by atoms with E-state index in [0.29, 0.717) is 16.9 Å². The minimum absolute atomic E-state index is 0.142. The molecule has 7 nitrogen and oxygen atoms in total. The standard InChI is InChI=1S/C16H20N6O/c1-9-6-10(2)22-15(18-9)14(12(4)20-22)16(23)19-11(3)13-7-17-21(5)8-13/h6-8,11H,1-5H3,(H,19,23). The van der Waals surface area contributed by atoms with E-state index in [-0.39, 0.29) is 11.9 Å². The summed E-state index contributed by atoms with van der Waals surface area (Å²) < 4.78 is 3.43. The lowest BCUT2D eigenvalue weighted by Crippen LogP contribution is -2.27. The fraction of sp³-hybridized carbons (Fsp3) is 0.375. The van der Waals surface area contributed by atoms with E-state index in [1.165, 1.54) is 0 Å². The Morgan fingerprint density at radius 3 is 2.70 bits per heavy atom. The Kier molecular flexibility index (Phi) is 3.63. The van der Waals surface area contributed by atoms with Crippen molar-refractivity contribution in [2.45, 2.75) is 33.7 Å². The number of amides is 1. The third kappa shape index (κ3) is 2.69. The molecule has 0 spiro atoms. The van der Waals surface area contributed by atoms with Crippen molar-refractivity contribution in [3.8, 4) is 0 Å². The van der Waals surface area contributed by atoms with Crippen molar-refractivity contribution in [3.63, 3.8) is 0 Å². The van der Waals surface area contributed by atoms with Crippen LogP contribution in [0.1, 0.15) is 46.0 Å². The summed E-state index contributed by atoms with van der Waals surface area (Å²) >= 11 is 0. The molecule has 3 heterocycles. The second-order valence-electron chi connectivity index (χ2n) is 5.88. The lowest BCUT2D eigenvalue weighted by Gasteiger charge is -2.12. The van der Waals surface area contributed by atoms with Crippen molar-refractivity contribution in [1.82, 2.24) is 29.7 Å². The number of carbonyl (C=O) groups excluding carboxylic acids is 1. The molecular formula is C16H20N6O. The van der Waals surface area contributed by atoms with Crippen molar-refractivity contribution in [3.05, 3.63) is 46.7 Å². The molecule has 0 aliphatic rings. The van der Waals surface area contributed by atoms with Crippen LogP contribution >= 0.6 is 0 Å². The average Bonchev–Trinajstić information content (AvgIpc) is 3.02. The number of rotatable bonds is 3. The van der Waals surface area contributed by atoms with Gasteiger partial charge in [0.2, 0.25) is 0 Å². The zero-order valence-electron chi connectivity index (χ0n) is 14.0. The van der Waals surface area contributed by atoms with Gasteiger partial charge in [-0.05, 0) is 33.8 Å². The Morgan fingerprint density at radius 2 is 2.04 bits per heavy atom. The molecule has 3 aromatic rings. The van der Waals surface area contributed by atoms with Gasteiger partial charge in [-0.1, -0.05) is 0 Å². The fourth-order valence-corrected chi connectivity index (χ4v) is 2.71. The smallest absolute Gasteiger partial charge is 0.257 e. The molecule has 3 aromatic heterocycles. The van der Waals surface area contributed by atoms with Gasteiger partial charge in [-0.3, -0.25) is 9.48 Å². The van der Waals surface area contributed by atoms with Gasteiger partial charge in [0.1, 0.15) is 5.56 Å². The Bertz CT molecular complexity index is 891. The Labute approximate surface area is 134 Å². The summed E-state index contributed by atoms with van der Waals surface area (Å²) in [4.78, 5) is 17.2. The highest BCUT2D eigenvalue weighted by atomic mass is 16.1. The first kappa shape index (κ1) is 15.2. The zero-order valence-corrected chi connectivity index (χ0v) is 14.0. The summed E-state index contributed by atoms with van der Waals surface area (Å²) in [5.74, 6) is -0.175. The highest BCUT2D eigenvalue weighted by Gasteiger charge is 2.21. The van der Waals surface area contributed by atoms with Gasteiger partial charge in [0.05, 0.1) is 17.9 Å². The lowest BCUT2D eigenvalue weighted by atomic mass is 10.1. The summed E-state index contributed by atoms with van der Waals surface area (Å²) in [6, 6.07) is 1.80. The number of nitrogens with one attached hydrogen (secondary N) is 1. The van der Waals surface area contributed by atoms with Gasteiger partial charge in [-0.25, -0.2) is 9.50 Å². The minimum Gasteiger partial charge on any atom is -0.345 e. The van der Waals surface area contributed by atoms with Crippen LogP contribution in [0.4, 0.5) is 0 Å². The molecule has 7 heteroatoms. The van der Waals surface area contributed by atoms with E-state index in [1.807, 2.05) is 47.0 Å². The lowest BCUT2D eigenvalue weighted by molar-refractivity contribution is 0.0940. The van der Waals surface area contributed by atoms with Crippen LogP contribution in [0.5, 0.6) is 0 Å². The van der Waals surface area contributed by atoms with Crippen molar-refractivity contribution >= 4 is 11.6 Å². The number of fused-ring (bicyclic) bond motifs is 1. The molecule has 0 aliphatic heterocycles. The van der Waals surface area contributed by atoms with Crippen LogP contribution < -0.4 is 5.32 Å². The maximum absolute atomic E-state index is 12.7. The Balaban J connectivity index is 1.96. The largest absolute Gasteiger partial charge is 0.345 e. The fourth-order valence-electron chi connectivity index (χ4n) is 2.71. The van der Waals surface area contributed by atoms with E-state index in [9.17, 15) is 4.79 Å². The summed E-state index contributed by atoms with van der Waals surface area (Å²) in [5.41, 5.74) is 4.56. The number of nitrogens with zero attached hydrogens (tertiary/aromatic N) is 5. The van der Waals surface area contributed by atoms with Gasteiger partial charge in [-0.15, -0.1) is 0 Å². The highest BCUT2D eigenvalue weighted by molar-refractivity contribution is 6.01. The van der Waals surface area contributed by atoms with Gasteiger partial charge >= 0.3 is 0 Å². The highest BCUT2D eigenvalue weighted by Crippen LogP contribution is 2.18. The molecule has 1 atom stereocenters. The molecule has 120 valence electrons. The average molecular weight is 312 g/mol. The maximum atomic E-state index is 12.7. The summed E-state index contributed by atoms with van der Waals surface area (Å²) in [5, 5.41) is 11.6. The predicted octanol–water partition coefficient (Wildman–Crippen LogP) is 1.88. The van der Waals surface area contributed by atoms with E-state index < -0.39 is 0 Å². The summed E-state index contributed by atoms with van der Waals surface area (Å²) in [6.45, 7) is 7.62. The molecular weight excluding hydrogens is 292 g/mol. The molecule has 0 radical (unpaired) electrons. The van der Waals surface area contributed by atoms with Gasteiger partial charge in [0.15, 0.2) is 5.65 Å². The van der Waals surface area contributed by atoms with Gasteiger partial charge in [-0.2, -0.15) is 10.2 Å². The quantitative estimate of drug-likeness (QED) is 0.801. The van der Waals surface area contributed by atoms with E-state index in [4.69, 9.17) is 0 Å². The van der Waals surface area contributed by atoms with Crippen molar-refractivity contribution < 1.29 is 4.79 Å². The molecule has 0 saturated heterocycles. The number of carbonyl (C=O) groups is 1. The first-order chi connectivity index (χ1) is 10.9. The van der Waals surface area contributed by atoms with Gasteiger partial charge in [0, 0.05) is 30.2 Å². The van der Waals surface area contributed by atoms with Gasteiger partial charge in [0.25, 0.3) is 5.91 Å². The number of hydrogen-bond donors (Lipinski definition) is 1. The summed E-state index contributed by atoms with van der Waals surface area (Å²) in [7, 11) is 1.85. The zero-order chi connectivity index (χ0) is 16.7. The molecule has 0 aliphatic carbocycles. The molecule has 1 N–H and O–H groups in total. The second kappa shape index (κ2) is 5.49. The maximum Gasteiger partial charge on any atom is 0.257 e. The Morgan fingerprint density at radius 1 is 1.30 bits per heavy atom. The third-order valence-corrected chi connectivity index (χ3v) is 3.87. The SMILES string of the molecule is Cc1cc(C)n2nc(C)c(C(=O)NC(C)c3cnn(C)c3)c2n1. The van der Waals surface area contributed by atoms with Crippen LogP contribution in [0, 0.1) is 20.8 Å². The molecule has 0 bridgehead atoms. The molecule has 0 aromatic carbocycles. The second-order valence-corrected chi connectivity index (χ2v) is 5.88. The number of aryl methyl sites for hydroxylation is 4. The molecule has 1 amide bonds. The third-order valence-electron chi connectivity index (χ3n) is 3.87.